The van der Waals surface area contributed by atoms with Crippen molar-refractivity contribution in [3.05, 3.63) is 54.1 Å². The van der Waals surface area contributed by atoms with E-state index in [0.29, 0.717) is 30.4 Å². The van der Waals surface area contributed by atoms with E-state index in [1.165, 1.54) is 6.33 Å². The van der Waals surface area contributed by atoms with Gasteiger partial charge in [0.1, 0.15) is 17.9 Å². The maximum absolute atomic E-state index is 12.3. The van der Waals surface area contributed by atoms with Gasteiger partial charge in [-0.05, 0) is 19.1 Å². The predicted molar refractivity (Wildman–Crippen MR) is 108 cm³/mol. The Morgan fingerprint density at radius 1 is 1.28 bits per heavy atom. The summed E-state index contributed by atoms with van der Waals surface area (Å²) in [6, 6.07) is 5.37. The van der Waals surface area contributed by atoms with Crippen LogP contribution in [0.1, 0.15) is 22.0 Å². The molecule has 4 aromatic rings. The number of carbonyl (C=O) groups excluding carboxylic acids is 1. The van der Waals surface area contributed by atoms with E-state index in [1.54, 1.807) is 28.5 Å². The van der Waals surface area contributed by atoms with Gasteiger partial charge in [0.25, 0.3) is 11.7 Å². The van der Waals surface area contributed by atoms with Crippen LogP contribution in [0.2, 0.25) is 0 Å². The van der Waals surface area contributed by atoms with Crippen LogP contribution < -0.4 is 10.6 Å². The molecule has 10 nitrogen and oxygen atoms in total. The fourth-order valence-corrected chi connectivity index (χ4v) is 3.54. The Hall–Kier alpha value is -3.34. The first-order chi connectivity index (χ1) is 14.1. The molecule has 11 heteroatoms. The average molecular weight is 412 g/mol. The molecular weight excluding hydrogens is 392 g/mol. The van der Waals surface area contributed by atoms with Crippen molar-refractivity contribution in [2.45, 2.75) is 17.8 Å². The molecule has 0 aliphatic carbocycles. The highest BCUT2D eigenvalue weighted by atomic mass is 32.2. The molecular formula is C18H20N8O2S. The van der Waals surface area contributed by atoms with Crippen LogP contribution in [0.15, 0.2) is 46.5 Å². The zero-order chi connectivity index (χ0) is 20.2. The number of fused-ring (bicyclic) bond motifs is 1. The zero-order valence-corrected chi connectivity index (χ0v) is 16.8. The minimum absolute atomic E-state index is 0.253. The largest absolute Gasteiger partial charge is 0.455 e. The molecule has 150 valence electrons. The molecule has 0 radical (unpaired) electrons. The zero-order valence-electron chi connectivity index (χ0n) is 16.0. The van der Waals surface area contributed by atoms with Crippen molar-refractivity contribution in [2.24, 2.45) is 7.05 Å². The first-order valence-corrected chi connectivity index (χ1v) is 9.97. The van der Waals surface area contributed by atoms with Crippen LogP contribution in [0.4, 0.5) is 5.82 Å². The van der Waals surface area contributed by atoms with E-state index in [-0.39, 0.29) is 5.91 Å². The van der Waals surface area contributed by atoms with Crippen LogP contribution >= 0.6 is 11.8 Å². The second kappa shape index (κ2) is 8.35. The number of imidazole rings is 1. The van der Waals surface area contributed by atoms with E-state index in [1.807, 2.05) is 36.9 Å². The Morgan fingerprint density at radius 3 is 3.00 bits per heavy atom. The summed E-state index contributed by atoms with van der Waals surface area (Å²) in [5.74, 6) is 2.67. The standard InChI is InChI=1S/C18H20N8O2S/c1-12-9-15(26-17(24-12)22-11-23-26)19-5-6-20-16(27)14-4-3-13(28-14)10-29-18-21-7-8-25(18)2/h3-4,7-9,11,19H,5-6,10H2,1-2H3,(H,20,27). The smallest absolute Gasteiger partial charge is 0.287 e. The number of aromatic nitrogens is 6. The molecule has 0 saturated heterocycles. The molecule has 0 aromatic carbocycles. The Bertz CT molecular complexity index is 1130. The lowest BCUT2D eigenvalue weighted by Crippen LogP contribution is -2.28. The first-order valence-electron chi connectivity index (χ1n) is 8.98. The number of nitrogens with one attached hydrogen (secondary N) is 2. The van der Waals surface area contributed by atoms with Gasteiger partial charge >= 0.3 is 0 Å². The van der Waals surface area contributed by atoms with Gasteiger partial charge in [0, 0.05) is 44.3 Å². The van der Waals surface area contributed by atoms with Crippen molar-refractivity contribution in [1.82, 2.24) is 34.4 Å². The number of thioether (sulfide) groups is 1. The molecule has 4 heterocycles. The number of amides is 1. The van der Waals surface area contributed by atoms with Crippen molar-refractivity contribution in [1.29, 1.82) is 0 Å². The molecule has 2 N–H and O–H groups in total. The summed E-state index contributed by atoms with van der Waals surface area (Å²) in [6.07, 6.45) is 5.09. The maximum atomic E-state index is 12.3. The molecule has 0 fully saturated rings. The fourth-order valence-electron chi connectivity index (χ4n) is 2.71. The molecule has 0 unspecified atom stereocenters. The van der Waals surface area contributed by atoms with E-state index in [9.17, 15) is 4.79 Å². The molecule has 0 atom stereocenters. The highest BCUT2D eigenvalue weighted by Gasteiger charge is 2.12. The van der Waals surface area contributed by atoms with Gasteiger partial charge in [-0.1, -0.05) is 11.8 Å². The SMILES string of the molecule is Cc1cc(NCCNC(=O)c2ccc(CSc3nccn3C)o2)n2ncnc2n1. The number of furan rings is 1. The summed E-state index contributed by atoms with van der Waals surface area (Å²) in [6.45, 7) is 2.84. The lowest BCUT2D eigenvalue weighted by atomic mass is 10.4. The van der Waals surface area contributed by atoms with Gasteiger partial charge in [0.2, 0.25) is 0 Å². The molecule has 0 saturated carbocycles. The molecule has 0 aliphatic rings. The number of nitrogens with zero attached hydrogens (tertiary/aromatic N) is 6. The molecule has 4 rings (SSSR count). The number of carbonyl (C=O) groups is 1. The van der Waals surface area contributed by atoms with Gasteiger partial charge in [0.05, 0.1) is 5.75 Å². The Kier molecular flexibility index (Phi) is 5.47. The lowest BCUT2D eigenvalue weighted by molar-refractivity contribution is 0.0926. The first kappa shape index (κ1) is 19.0. The van der Waals surface area contributed by atoms with Crippen molar-refractivity contribution in [2.75, 3.05) is 18.4 Å². The van der Waals surface area contributed by atoms with Crippen molar-refractivity contribution >= 4 is 29.3 Å². The second-order valence-electron chi connectivity index (χ2n) is 6.31. The van der Waals surface area contributed by atoms with Crippen molar-refractivity contribution < 1.29 is 9.21 Å². The minimum Gasteiger partial charge on any atom is -0.455 e. The highest BCUT2D eigenvalue weighted by molar-refractivity contribution is 7.98. The number of rotatable bonds is 8. The summed E-state index contributed by atoms with van der Waals surface area (Å²) in [4.78, 5) is 24.9. The number of hydrogen-bond acceptors (Lipinski definition) is 8. The fraction of sp³-hybridized carbons (Fsp3) is 0.278. The summed E-state index contributed by atoms with van der Waals surface area (Å²) in [5, 5.41) is 11.1. The number of anilines is 1. The summed E-state index contributed by atoms with van der Waals surface area (Å²) >= 11 is 1.55. The minimum atomic E-state index is -0.253. The van der Waals surface area contributed by atoms with Crippen LogP contribution in [0, 0.1) is 6.92 Å². The third-order valence-electron chi connectivity index (χ3n) is 4.10. The van der Waals surface area contributed by atoms with Crippen LogP contribution in [-0.2, 0) is 12.8 Å². The highest BCUT2D eigenvalue weighted by Crippen LogP contribution is 2.21. The molecule has 0 bridgehead atoms. The maximum Gasteiger partial charge on any atom is 0.287 e. The normalized spacial score (nSPS) is 11.1. The second-order valence-corrected chi connectivity index (χ2v) is 7.26. The van der Waals surface area contributed by atoms with Crippen LogP contribution in [0.25, 0.3) is 5.78 Å². The molecule has 4 aromatic heterocycles. The van der Waals surface area contributed by atoms with E-state index in [2.05, 4.69) is 30.7 Å². The topological polar surface area (TPSA) is 115 Å². The summed E-state index contributed by atoms with van der Waals surface area (Å²) in [7, 11) is 1.94. The van der Waals surface area contributed by atoms with Crippen LogP contribution in [0.3, 0.4) is 0 Å². The van der Waals surface area contributed by atoms with Gasteiger partial charge in [-0.3, -0.25) is 4.79 Å². The quantitative estimate of drug-likeness (QED) is 0.333. The Balaban J connectivity index is 1.26. The predicted octanol–water partition coefficient (Wildman–Crippen LogP) is 1.89. The molecule has 29 heavy (non-hydrogen) atoms. The van der Waals surface area contributed by atoms with Crippen molar-refractivity contribution in [3.8, 4) is 0 Å². The van der Waals surface area contributed by atoms with E-state index >= 15 is 0 Å². The summed E-state index contributed by atoms with van der Waals surface area (Å²) in [5.41, 5.74) is 0.837. The third kappa shape index (κ3) is 4.40. The third-order valence-corrected chi connectivity index (χ3v) is 5.18. The lowest BCUT2D eigenvalue weighted by Gasteiger charge is -2.09. The van der Waals surface area contributed by atoms with Gasteiger partial charge in [0.15, 0.2) is 10.9 Å². The van der Waals surface area contributed by atoms with Crippen LogP contribution in [0.5, 0.6) is 0 Å². The Labute approximate surface area is 170 Å². The number of hydrogen-bond donors (Lipinski definition) is 2. The molecule has 1 amide bonds. The van der Waals surface area contributed by atoms with Gasteiger partial charge < -0.3 is 19.6 Å². The van der Waals surface area contributed by atoms with Crippen LogP contribution in [-0.4, -0.2) is 48.1 Å². The molecule has 0 aliphatic heterocycles. The van der Waals surface area contributed by atoms with Gasteiger partial charge in [-0.25, -0.2) is 9.97 Å². The van der Waals surface area contributed by atoms with E-state index < -0.39 is 0 Å². The monoisotopic (exact) mass is 412 g/mol. The van der Waals surface area contributed by atoms with Gasteiger partial charge in [-0.2, -0.15) is 14.6 Å². The van der Waals surface area contributed by atoms with Gasteiger partial charge in [-0.15, -0.1) is 0 Å². The number of aryl methyl sites for hydroxylation is 2. The average Bonchev–Trinajstić information content (AvgIpc) is 3.44. The van der Waals surface area contributed by atoms with E-state index in [4.69, 9.17) is 4.42 Å². The Morgan fingerprint density at radius 2 is 2.17 bits per heavy atom. The summed E-state index contributed by atoms with van der Waals surface area (Å²) < 4.78 is 9.19. The van der Waals surface area contributed by atoms with Crippen molar-refractivity contribution in [3.63, 3.8) is 0 Å². The molecule has 0 spiro atoms. The van der Waals surface area contributed by atoms with E-state index in [0.717, 1.165) is 22.4 Å².